The van der Waals surface area contributed by atoms with Crippen LogP contribution in [0.15, 0.2) is 54.9 Å². The molecule has 0 N–H and O–H groups in total. The molecule has 1 aromatic heterocycles. The average molecular weight is 348 g/mol. The van der Waals surface area contributed by atoms with Crippen molar-refractivity contribution in [2.45, 2.75) is 59.9 Å². The van der Waals surface area contributed by atoms with Crippen LogP contribution in [-0.4, -0.2) is 4.57 Å². The van der Waals surface area contributed by atoms with Crippen LogP contribution in [0.4, 0.5) is 0 Å². The summed E-state index contributed by atoms with van der Waals surface area (Å²) in [5.41, 5.74) is 8.17. The second kappa shape index (κ2) is 7.49. The van der Waals surface area contributed by atoms with Gasteiger partial charge in [-0.3, -0.25) is 0 Å². The first-order valence-electron chi connectivity index (χ1n) is 9.65. The number of para-hydroxylation sites is 1. The molecule has 2 heteroatoms. The van der Waals surface area contributed by atoms with Gasteiger partial charge in [0.05, 0.1) is 0 Å². The second-order valence-corrected chi connectivity index (χ2v) is 7.86. The maximum atomic E-state index is 2.41. The van der Waals surface area contributed by atoms with E-state index in [2.05, 4.69) is 106 Å². The van der Waals surface area contributed by atoms with Crippen LogP contribution in [0.3, 0.4) is 0 Å². The molecule has 0 aliphatic heterocycles. The van der Waals surface area contributed by atoms with Crippen molar-refractivity contribution < 1.29 is 4.57 Å². The maximum Gasteiger partial charge on any atom is 0.249 e. The lowest BCUT2D eigenvalue weighted by Crippen LogP contribution is -2.35. The van der Waals surface area contributed by atoms with E-state index >= 15 is 0 Å². The lowest BCUT2D eigenvalue weighted by Gasteiger charge is -2.17. The smallest absolute Gasteiger partial charge is 0.229 e. The zero-order chi connectivity index (χ0) is 18.8. The first kappa shape index (κ1) is 18.4. The van der Waals surface area contributed by atoms with E-state index in [0.717, 1.165) is 6.54 Å². The zero-order valence-electron chi connectivity index (χ0n) is 17.0. The predicted octanol–water partition coefficient (Wildman–Crippen LogP) is 5.68. The average Bonchev–Trinajstić information content (AvgIpc) is 2.90. The fourth-order valence-corrected chi connectivity index (χ4v) is 3.65. The Hall–Kier alpha value is -2.35. The predicted molar refractivity (Wildman–Crippen MR) is 109 cm³/mol. The molecule has 0 fully saturated rings. The molecule has 0 radical (unpaired) electrons. The SMILES string of the molecule is Cc1c(C)[n+](Cc2ccccc2)cn1-c1c(C(C)C)cccc1C(C)C. The van der Waals surface area contributed by atoms with Crippen molar-refractivity contribution in [3.05, 3.63) is 82.9 Å². The summed E-state index contributed by atoms with van der Waals surface area (Å²) in [4.78, 5) is 0. The summed E-state index contributed by atoms with van der Waals surface area (Å²) in [7, 11) is 0. The van der Waals surface area contributed by atoms with Crippen molar-refractivity contribution in [1.29, 1.82) is 0 Å². The minimum Gasteiger partial charge on any atom is -0.229 e. The van der Waals surface area contributed by atoms with Gasteiger partial charge in [-0.05, 0) is 17.4 Å². The Balaban J connectivity index is 2.15. The number of nitrogens with zero attached hydrogens (tertiary/aromatic N) is 2. The molecule has 1 heterocycles. The minimum atomic E-state index is 0.494. The molecular weight excluding hydrogens is 316 g/mol. The zero-order valence-corrected chi connectivity index (χ0v) is 17.0. The Labute approximate surface area is 158 Å². The third kappa shape index (κ3) is 3.46. The molecule has 0 aliphatic rings. The standard InChI is InChI=1S/C24H31N2/c1-17(2)22-13-10-14-23(18(3)4)24(22)26-16-25(19(5)20(26)6)15-21-11-8-7-9-12-21/h7-14,16-18H,15H2,1-6H3/q+1. The van der Waals surface area contributed by atoms with Gasteiger partial charge in [-0.2, -0.15) is 4.57 Å². The summed E-state index contributed by atoms with van der Waals surface area (Å²) in [6, 6.07) is 17.5. The fourth-order valence-electron chi connectivity index (χ4n) is 3.65. The summed E-state index contributed by atoms with van der Waals surface area (Å²) >= 11 is 0. The van der Waals surface area contributed by atoms with Crippen LogP contribution in [0.1, 0.15) is 67.6 Å². The normalized spacial score (nSPS) is 11.5. The highest BCUT2D eigenvalue weighted by Gasteiger charge is 2.24. The number of imidazole rings is 1. The first-order valence-corrected chi connectivity index (χ1v) is 9.65. The quantitative estimate of drug-likeness (QED) is 0.525. The van der Waals surface area contributed by atoms with Crippen LogP contribution in [0.2, 0.25) is 0 Å². The lowest BCUT2D eigenvalue weighted by atomic mass is 9.92. The highest BCUT2D eigenvalue weighted by Crippen LogP contribution is 2.32. The molecule has 3 rings (SSSR count). The summed E-state index contributed by atoms with van der Waals surface area (Å²) in [6.45, 7) is 14.5. The molecule has 0 amide bonds. The topological polar surface area (TPSA) is 8.81 Å². The van der Waals surface area contributed by atoms with Crippen molar-refractivity contribution >= 4 is 0 Å². The number of aromatic nitrogens is 2. The molecule has 136 valence electrons. The molecule has 0 saturated heterocycles. The Morgan fingerprint density at radius 3 is 1.92 bits per heavy atom. The van der Waals surface area contributed by atoms with E-state index < -0.39 is 0 Å². The summed E-state index contributed by atoms with van der Waals surface area (Å²) in [6.07, 6.45) is 2.28. The molecule has 0 unspecified atom stereocenters. The van der Waals surface area contributed by atoms with Crippen LogP contribution < -0.4 is 4.57 Å². The maximum absolute atomic E-state index is 2.41. The van der Waals surface area contributed by atoms with E-state index in [0.29, 0.717) is 11.8 Å². The molecule has 0 spiro atoms. The van der Waals surface area contributed by atoms with Gasteiger partial charge in [0.1, 0.15) is 23.6 Å². The van der Waals surface area contributed by atoms with Gasteiger partial charge in [0.25, 0.3) is 0 Å². The molecule has 2 nitrogen and oxygen atoms in total. The summed E-state index contributed by atoms with van der Waals surface area (Å²) < 4.78 is 4.77. The van der Waals surface area contributed by atoms with E-state index in [1.165, 1.54) is 33.8 Å². The minimum absolute atomic E-state index is 0.494. The van der Waals surface area contributed by atoms with Crippen LogP contribution in [0, 0.1) is 13.8 Å². The molecule has 3 aromatic rings. The first-order chi connectivity index (χ1) is 12.4. The van der Waals surface area contributed by atoms with Gasteiger partial charge in [-0.15, -0.1) is 0 Å². The second-order valence-electron chi connectivity index (χ2n) is 7.86. The molecule has 0 atom stereocenters. The molecule has 2 aromatic carbocycles. The van der Waals surface area contributed by atoms with Gasteiger partial charge in [0, 0.05) is 25.0 Å². The van der Waals surface area contributed by atoms with Crippen LogP contribution in [-0.2, 0) is 6.54 Å². The molecule has 0 aliphatic carbocycles. The Kier molecular flexibility index (Phi) is 5.31. The summed E-state index contributed by atoms with van der Waals surface area (Å²) in [5, 5.41) is 0. The largest absolute Gasteiger partial charge is 0.249 e. The van der Waals surface area contributed by atoms with Crippen molar-refractivity contribution in [1.82, 2.24) is 4.57 Å². The Bertz CT molecular complexity index is 860. The van der Waals surface area contributed by atoms with Crippen LogP contribution in [0.5, 0.6) is 0 Å². The molecular formula is C24H31N2+. The number of hydrogen-bond acceptors (Lipinski definition) is 0. The van der Waals surface area contributed by atoms with Gasteiger partial charge in [0.15, 0.2) is 0 Å². The third-order valence-corrected chi connectivity index (χ3v) is 5.35. The van der Waals surface area contributed by atoms with Gasteiger partial charge >= 0.3 is 0 Å². The van der Waals surface area contributed by atoms with E-state index in [4.69, 9.17) is 0 Å². The van der Waals surface area contributed by atoms with Crippen molar-refractivity contribution in [3.8, 4) is 5.69 Å². The van der Waals surface area contributed by atoms with Crippen molar-refractivity contribution in [2.75, 3.05) is 0 Å². The number of hydrogen-bond donors (Lipinski definition) is 0. The summed E-state index contributed by atoms with van der Waals surface area (Å²) in [5.74, 6) is 0.988. The van der Waals surface area contributed by atoms with Gasteiger partial charge in [-0.25, -0.2) is 4.57 Å². The highest BCUT2D eigenvalue weighted by atomic mass is 15.1. The Morgan fingerprint density at radius 1 is 0.808 bits per heavy atom. The van der Waals surface area contributed by atoms with Crippen molar-refractivity contribution in [3.63, 3.8) is 0 Å². The van der Waals surface area contributed by atoms with E-state index in [1.54, 1.807) is 0 Å². The molecule has 26 heavy (non-hydrogen) atoms. The van der Waals surface area contributed by atoms with E-state index in [-0.39, 0.29) is 0 Å². The third-order valence-electron chi connectivity index (χ3n) is 5.35. The Morgan fingerprint density at radius 2 is 1.38 bits per heavy atom. The molecule has 0 saturated carbocycles. The van der Waals surface area contributed by atoms with Gasteiger partial charge in [0.2, 0.25) is 6.33 Å². The molecule has 0 bridgehead atoms. The number of rotatable bonds is 5. The van der Waals surface area contributed by atoms with E-state index in [1.807, 2.05) is 0 Å². The van der Waals surface area contributed by atoms with Gasteiger partial charge in [-0.1, -0.05) is 76.2 Å². The fraction of sp³-hybridized carbons (Fsp3) is 0.375. The highest BCUT2D eigenvalue weighted by molar-refractivity contribution is 5.52. The number of benzene rings is 2. The van der Waals surface area contributed by atoms with Crippen LogP contribution in [0.25, 0.3) is 5.69 Å². The van der Waals surface area contributed by atoms with Crippen molar-refractivity contribution in [2.24, 2.45) is 0 Å². The van der Waals surface area contributed by atoms with Gasteiger partial charge < -0.3 is 0 Å². The van der Waals surface area contributed by atoms with E-state index in [9.17, 15) is 0 Å². The monoisotopic (exact) mass is 347 g/mol. The lowest BCUT2D eigenvalue weighted by molar-refractivity contribution is -0.693. The van der Waals surface area contributed by atoms with Crippen LogP contribution >= 0.6 is 0 Å².